The van der Waals surface area contributed by atoms with Crippen LogP contribution in [0.3, 0.4) is 0 Å². The van der Waals surface area contributed by atoms with Crippen LogP contribution in [0.5, 0.6) is 0 Å². The molecule has 4 nitrogen and oxygen atoms in total. The molecule has 0 spiro atoms. The summed E-state index contributed by atoms with van der Waals surface area (Å²) in [6, 6.07) is 9.52. The molecule has 100 valence electrons. The van der Waals surface area contributed by atoms with Gasteiger partial charge in [0.05, 0.1) is 11.4 Å². The van der Waals surface area contributed by atoms with Crippen molar-refractivity contribution >= 4 is 23.4 Å². The lowest BCUT2D eigenvalue weighted by atomic mass is 10.3. The summed E-state index contributed by atoms with van der Waals surface area (Å²) in [5.74, 6) is 1.57. The molecule has 0 atom stereocenters. The van der Waals surface area contributed by atoms with Crippen LogP contribution in [0.1, 0.15) is 13.3 Å². The lowest BCUT2D eigenvalue weighted by Crippen LogP contribution is -2.14. The Morgan fingerprint density at radius 1 is 1.37 bits per heavy atom. The summed E-state index contributed by atoms with van der Waals surface area (Å²) in [6.45, 7) is 2.11. The van der Waals surface area contributed by atoms with E-state index in [2.05, 4.69) is 17.3 Å². The predicted octanol–water partition coefficient (Wildman–Crippen LogP) is 2.95. The van der Waals surface area contributed by atoms with Gasteiger partial charge in [0, 0.05) is 18.1 Å². The summed E-state index contributed by atoms with van der Waals surface area (Å²) in [5.41, 5.74) is 1.79. The summed E-state index contributed by atoms with van der Waals surface area (Å²) in [5, 5.41) is 7.04. The molecule has 0 saturated heterocycles. The number of carbonyl (C=O) groups excluding carboxylic acids is 1. The van der Waals surface area contributed by atoms with Crippen molar-refractivity contribution in [2.45, 2.75) is 13.3 Å². The van der Waals surface area contributed by atoms with Crippen molar-refractivity contribution in [3.63, 3.8) is 0 Å². The van der Waals surface area contributed by atoms with Crippen LogP contribution in [0, 0.1) is 0 Å². The molecule has 1 heterocycles. The zero-order valence-corrected chi connectivity index (χ0v) is 11.7. The summed E-state index contributed by atoms with van der Waals surface area (Å²) >= 11 is 1.66. The second-order valence-electron chi connectivity index (χ2n) is 4.10. The number of benzene rings is 1. The van der Waals surface area contributed by atoms with Gasteiger partial charge < -0.3 is 5.32 Å². The number of carbonyl (C=O) groups is 1. The zero-order chi connectivity index (χ0) is 13.5. The summed E-state index contributed by atoms with van der Waals surface area (Å²) in [7, 11) is 0. The lowest BCUT2D eigenvalue weighted by molar-refractivity contribution is -0.113. The molecule has 5 heteroatoms. The van der Waals surface area contributed by atoms with E-state index in [1.54, 1.807) is 22.6 Å². The summed E-state index contributed by atoms with van der Waals surface area (Å²) in [4.78, 5) is 11.7. The number of thioether (sulfide) groups is 1. The minimum Gasteiger partial charge on any atom is -0.325 e. The van der Waals surface area contributed by atoms with Crippen LogP contribution < -0.4 is 5.32 Å². The van der Waals surface area contributed by atoms with Gasteiger partial charge in [-0.05, 0) is 42.5 Å². The van der Waals surface area contributed by atoms with Gasteiger partial charge in [-0.2, -0.15) is 16.9 Å². The average Bonchev–Trinajstić information content (AvgIpc) is 2.94. The van der Waals surface area contributed by atoms with Crippen LogP contribution >= 0.6 is 11.8 Å². The number of nitrogens with zero attached hydrogens (tertiary/aromatic N) is 2. The van der Waals surface area contributed by atoms with E-state index in [4.69, 9.17) is 0 Å². The van der Waals surface area contributed by atoms with Crippen LogP contribution in [-0.4, -0.2) is 27.2 Å². The van der Waals surface area contributed by atoms with Gasteiger partial charge in [0.2, 0.25) is 5.91 Å². The Labute approximate surface area is 117 Å². The first-order valence-corrected chi connectivity index (χ1v) is 7.42. The number of aromatic nitrogens is 2. The Morgan fingerprint density at radius 3 is 2.79 bits per heavy atom. The van der Waals surface area contributed by atoms with Gasteiger partial charge in [0.25, 0.3) is 0 Å². The summed E-state index contributed by atoms with van der Waals surface area (Å²) in [6.07, 6.45) is 4.71. The molecular formula is C14H17N3OS. The van der Waals surface area contributed by atoms with Crippen molar-refractivity contribution in [2.75, 3.05) is 16.8 Å². The molecule has 2 aromatic rings. The van der Waals surface area contributed by atoms with Gasteiger partial charge in [0.15, 0.2) is 0 Å². The molecule has 1 amide bonds. The second-order valence-corrected chi connectivity index (χ2v) is 5.20. The van der Waals surface area contributed by atoms with E-state index in [0.29, 0.717) is 5.75 Å². The van der Waals surface area contributed by atoms with Crippen LogP contribution in [-0.2, 0) is 4.79 Å². The van der Waals surface area contributed by atoms with Gasteiger partial charge in [-0.15, -0.1) is 0 Å². The first-order chi connectivity index (χ1) is 9.29. The van der Waals surface area contributed by atoms with Gasteiger partial charge in [-0.1, -0.05) is 6.92 Å². The molecule has 0 bridgehead atoms. The largest absolute Gasteiger partial charge is 0.325 e. The van der Waals surface area contributed by atoms with Crippen molar-refractivity contribution in [2.24, 2.45) is 0 Å². The van der Waals surface area contributed by atoms with Crippen molar-refractivity contribution in [1.82, 2.24) is 9.78 Å². The number of amides is 1. The Balaban J connectivity index is 1.90. The maximum absolute atomic E-state index is 11.7. The molecular weight excluding hydrogens is 258 g/mol. The van der Waals surface area contributed by atoms with E-state index < -0.39 is 0 Å². The Bertz CT molecular complexity index is 508. The molecule has 2 rings (SSSR count). The zero-order valence-electron chi connectivity index (χ0n) is 10.9. The molecule has 0 fully saturated rings. The van der Waals surface area contributed by atoms with Gasteiger partial charge in [0.1, 0.15) is 0 Å². The smallest absolute Gasteiger partial charge is 0.234 e. The van der Waals surface area contributed by atoms with E-state index in [9.17, 15) is 4.79 Å². The van der Waals surface area contributed by atoms with E-state index in [1.165, 1.54) is 0 Å². The number of hydrogen-bond donors (Lipinski definition) is 1. The third-order valence-corrected chi connectivity index (χ3v) is 3.66. The highest BCUT2D eigenvalue weighted by molar-refractivity contribution is 7.99. The van der Waals surface area contributed by atoms with Gasteiger partial charge >= 0.3 is 0 Å². The molecule has 0 aliphatic rings. The monoisotopic (exact) mass is 275 g/mol. The summed E-state index contributed by atoms with van der Waals surface area (Å²) < 4.78 is 1.78. The van der Waals surface area contributed by atoms with Crippen molar-refractivity contribution in [1.29, 1.82) is 0 Å². The molecule has 0 radical (unpaired) electrons. The SMILES string of the molecule is CCCSCC(=O)Nc1ccc(-n2cccn2)cc1. The van der Waals surface area contributed by atoms with E-state index in [0.717, 1.165) is 23.5 Å². The molecule has 1 N–H and O–H groups in total. The maximum atomic E-state index is 11.7. The van der Waals surface area contributed by atoms with Crippen molar-refractivity contribution in [3.8, 4) is 5.69 Å². The number of nitrogens with one attached hydrogen (secondary N) is 1. The quantitative estimate of drug-likeness (QED) is 0.824. The predicted molar refractivity (Wildman–Crippen MR) is 79.8 cm³/mol. The first-order valence-electron chi connectivity index (χ1n) is 6.27. The second kappa shape index (κ2) is 6.99. The maximum Gasteiger partial charge on any atom is 0.234 e. The van der Waals surface area contributed by atoms with Crippen LogP contribution in [0.25, 0.3) is 5.69 Å². The van der Waals surface area contributed by atoms with Crippen LogP contribution in [0.15, 0.2) is 42.7 Å². The fraction of sp³-hybridized carbons (Fsp3) is 0.286. The van der Waals surface area contributed by atoms with Gasteiger partial charge in [-0.3, -0.25) is 4.79 Å². The van der Waals surface area contributed by atoms with Crippen molar-refractivity contribution in [3.05, 3.63) is 42.7 Å². The molecule has 0 aliphatic heterocycles. The third-order valence-electron chi connectivity index (χ3n) is 2.50. The average molecular weight is 275 g/mol. The molecule has 1 aromatic carbocycles. The standard InChI is InChI=1S/C14H17N3OS/c1-2-10-19-11-14(18)16-12-4-6-13(7-5-12)17-9-3-8-15-17/h3-9H,2,10-11H2,1H3,(H,16,18). The highest BCUT2D eigenvalue weighted by Gasteiger charge is 2.02. The number of hydrogen-bond acceptors (Lipinski definition) is 3. The highest BCUT2D eigenvalue weighted by Crippen LogP contribution is 2.13. The topological polar surface area (TPSA) is 46.9 Å². The molecule has 0 aliphatic carbocycles. The molecule has 0 unspecified atom stereocenters. The molecule has 0 saturated carbocycles. The fourth-order valence-corrected chi connectivity index (χ4v) is 2.32. The van der Waals surface area contributed by atoms with E-state index >= 15 is 0 Å². The first kappa shape index (κ1) is 13.7. The van der Waals surface area contributed by atoms with Gasteiger partial charge in [-0.25, -0.2) is 4.68 Å². The van der Waals surface area contributed by atoms with Crippen LogP contribution in [0.4, 0.5) is 5.69 Å². The lowest BCUT2D eigenvalue weighted by Gasteiger charge is -2.06. The van der Waals surface area contributed by atoms with E-state index in [-0.39, 0.29) is 5.91 Å². The number of anilines is 1. The molecule has 19 heavy (non-hydrogen) atoms. The Hall–Kier alpha value is -1.75. The highest BCUT2D eigenvalue weighted by atomic mass is 32.2. The normalized spacial score (nSPS) is 10.4. The minimum atomic E-state index is 0.0466. The third kappa shape index (κ3) is 4.13. The van der Waals surface area contributed by atoms with Crippen molar-refractivity contribution < 1.29 is 4.79 Å². The number of rotatable bonds is 6. The molecule has 1 aromatic heterocycles. The Kier molecular flexibility index (Phi) is 5.03. The van der Waals surface area contributed by atoms with E-state index in [1.807, 2.05) is 36.5 Å². The Morgan fingerprint density at radius 2 is 2.16 bits per heavy atom. The minimum absolute atomic E-state index is 0.0466. The fourth-order valence-electron chi connectivity index (χ4n) is 1.63. The van der Waals surface area contributed by atoms with Crippen LogP contribution in [0.2, 0.25) is 0 Å².